The lowest BCUT2D eigenvalue weighted by molar-refractivity contribution is 0.0254. The maximum absolute atomic E-state index is 9.92. The second-order valence-corrected chi connectivity index (χ2v) is 18.1. The van der Waals surface area contributed by atoms with Gasteiger partial charge >= 0.3 is 0 Å². The predicted octanol–water partition coefficient (Wildman–Crippen LogP) is 8.47. The molecular weight excluding hydrogens is 464 g/mol. The van der Waals surface area contributed by atoms with E-state index in [-0.39, 0.29) is 23.2 Å². The molecule has 2 nitrogen and oxygen atoms in total. The minimum atomic E-state index is -1.95. The first-order chi connectivity index (χ1) is 14.1. The van der Waals surface area contributed by atoms with Gasteiger partial charge in [-0.2, -0.15) is 0 Å². The quantitative estimate of drug-likeness (QED) is 0.261. The van der Waals surface area contributed by atoms with Gasteiger partial charge in [-0.1, -0.05) is 76.5 Å². The summed E-state index contributed by atoms with van der Waals surface area (Å²) in [6.07, 6.45) is 7.68. The van der Waals surface area contributed by atoms with Crippen LogP contribution < -0.4 is 0 Å². The normalized spacial score (nSPS) is 30.9. The third-order valence-corrected chi connectivity index (χ3v) is 14.7. The Kier molecular flexibility index (Phi) is 8.61. The van der Waals surface area contributed by atoms with Crippen molar-refractivity contribution >= 4 is 24.2 Å². The molecule has 1 N–H and O–H groups in total. The zero-order valence-electron chi connectivity index (χ0n) is 21.8. The number of aliphatic hydroxyl groups is 1. The van der Waals surface area contributed by atoms with Crippen molar-refractivity contribution in [1.82, 2.24) is 0 Å². The molecule has 0 unspecified atom stereocenters. The summed E-state index contributed by atoms with van der Waals surface area (Å²) in [5, 5.41) is 10.1. The van der Waals surface area contributed by atoms with Crippen LogP contribution in [0.1, 0.15) is 87.0 Å². The monoisotopic (exact) mass is 512 g/mol. The standard InChI is InChI=1S/C27H49BrO2Si/c1-19(22-13-14-23-21(17-28)12-11-15-27(22,23)8)16-24(26(6,7)20(2)18-29)30-31(9,10)25(3,4)5/h17,19,22-24,29H,2,11-16,18H2,1,3-10H3/b21-17+/t19-,22-,23+,24+,27-/m1/s1. The van der Waals surface area contributed by atoms with Crippen LogP contribution in [0.4, 0.5) is 0 Å². The minimum absolute atomic E-state index is 0.0291. The molecule has 0 spiro atoms. The van der Waals surface area contributed by atoms with Crippen molar-refractivity contribution in [3.05, 3.63) is 22.7 Å². The van der Waals surface area contributed by atoms with Crippen molar-refractivity contribution in [2.45, 2.75) is 111 Å². The highest BCUT2D eigenvalue weighted by molar-refractivity contribution is 9.11. The van der Waals surface area contributed by atoms with E-state index in [1.807, 2.05) is 0 Å². The zero-order valence-corrected chi connectivity index (χ0v) is 24.4. The number of halogens is 1. The summed E-state index contributed by atoms with van der Waals surface area (Å²) in [5.74, 6) is 2.04. The summed E-state index contributed by atoms with van der Waals surface area (Å²) in [6.45, 7) is 25.4. The summed E-state index contributed by atoms with van der Waals surface area (Å²) in [6, 6.07) is 0. The van der Waals surface area contributed by atoms with E-state index in [1.54, 1.807) is 5.57 Å². The van der Waals surface area contributed by atoms with Crippen LogP contribution in [0.5, 0.6) is 0 Å². The van der Waals surface area contributed by atoms with Gasteiger partial charge in [0.05, 0.1) is 12.7 Å². The Labute approximate surface area is 202 Å². The number of aliphatic hydroxyl groups excluding tert-OH is 1. The van der Waals surface area contributed by atoms with E-state index >= 15 is 0 Å². The Morgan fingerprint density at radius 2 is 1.90 bits per heavy atom. The molecule has 0 aromatic heterocycles. The van der Waals surface area contributed by atoms with Crippen molar-refractivity contribution in [2.24, 2.45) is 28.6 Å². The lowest BCUT2D eigenvalue weighted by Crippen LogP contribution is -2.49. The Morgan fingerprint density at radius 3 is 2.42 bits per heavy atom. The van der Waals surface area contributed by atoms with Crippen LogP contribution in [0.2, 0.25) is 18.1 Å². The van der Waals surface area contributed by atoms with Crippen molar-refractivity contribution in [3.63, 3.8) is 0 Å². The highest BCUT2D eigenvalue weighted by atomic mass is 79.9. The average molecular weight is 514 g/mol. The van der Waals surface area contributed by atoms with E-state index in [0.717, 1.165) is 23.8 Å². The summed E-state index contributed by atoms with van der Waals surface area (Å²) in [4.78, 5) is 2.22. The summed E-state index contributed by atoms with van der Waals surface area (Å²) in [7, 11) is -1.95. The molecule has 180 valence electrons. The summed E-state index contributed by atoms with van der Waals surface area (Å²) >= 11 is 3.66. The fourth-order valence-electron chi connectivity index (χ4n) is 6.10. The van der Waals surface area contributed by atoms with Crippen LogP contribution in [0.15, 0.2) is 22.7 Å². The third kappa shape index (κ3) is 5.44. The first-order valence-electron chi connectivity index (χ1n) is 12.4. The van der Waals surface area contributed by atoms with Crippen LogP contribution in [0, 0.1) is 28.6 Å². The topological polar surface area (TPSA) is 29.5 Å². The molecule has 2 fully saturated rings. The molecule has 0 radical (unpaired) electrons. The fraction of sp³-hybridized carbons (Fsp3) is 0.852. The first-order valence-corrected chi connectivity index (χ1v) is 16.2. The molecule has 0 amide bonds. The van der Waals surface area contributed by atoms with Crippen molar-refractivity contribution < 1.29 is 9.53 Å². The maximum atomic E-state index is 9.92. The van der Waals surface area contributed by atoms with E-state index in [1.165, 1.54) is 32.1 Å². The Bertz CT molecular complexity index is 675. The highest BCUT2D eigenvalue weighted by Crippen LogP contribution is 2.60. The molecule has 0 aromatic rings. The molecule has 2 aliphatic rings. The molecule has 0 saturated heterocycles. The molecule has 0 bridgehead atoms. The number of allylic oxidation sites excluding steroid dienone is 1. The van der Waals surface area contributed by atoms with E-state index in [0.29, 0.717) is 11.3 Å². The third-order valence-electron chi connectivity index (χ3n) is 9.60. The van der Waals surface area contributed by atoms with Crippen LogP contribution in [0.25, 0.3) is 0 Å². The smallest absolute Gasteiger partial charge is 0.192 e. The van der Waals surface area contributed by atoms with Gasteiger partial charge in [-0.05, 0) is 90.4 Å². The van der Waals surface area contributed by atoms with E-state index in [9.17, 15) is 5.11 Å². The second-order valence-electron chi connectivity index (χ2n) is 12.8. The van der Waals surface area contributed by atoms with Crippen molar-refractivity contribution in [2.75, 3.05) is 6.61 Å². The van der Waals surface area contributed by atoms with Crippen LogP contribution >= 0.6 is 15.9 Å². The Hall–Kier alpha value is 0.0969. The van der Waals surface area contributed by atoms with E-state index < -0.39 is 8.32 Å². The van der Waals surface area contributed by atoms with E-state index in [2.05, 4.69) is 89.1 Å². The van der Waals surface area contributed by atoms with Gasteiger partial charge in [0.25, 0.3) is 0 Å². The van der Waals surface area contributed by atoms with E-state index in [4.69, 9.17) is 4.43 Å². The molecule has 0 aliphatic heterocycles. The highest BCUT2D eigenvalue weighted by Gasteiger charge is 2.52. The van der Waals surface area contributed by atoms with Crippen LogP contribution in [-0.2, 0) is 4.43 Å². The molecule has 4 heteroatoms. The van der Waals surface area contributed by atoms with Gasteiger partial charge in [-0.25, -0.2) is 0 Å². The fourth-order valence-corrected chi connectivity index (χ4v) is 8.10. The molecule has 0 aromatic carbocycles. The Balaban J connectivity index is 2.31. The summed E-state index contributed by atoms with van der Waals surface area (Å²) < 4.78 is 7.08. The lowest BCUT2D eigenvalue weighted by atomic mass is 9.60. The SMILES string of the molecule is C=C(CO)C(C)(C)[C@H](C[C@@H](C)[C@H]1CC[C@H]2/C(=C/Br)CCC[C@]12C)O[Si](C)(C)C(C)(C)C. The molecule has 5 atom stereocenters. The second kappa shape index (κ2) is 9.76. The number of rotatable bonds is 8. The molecule has 2 rings (SSSR count). The maximum Gasteiger partial charge on any atom is 0.192 e. The molecule has 2 saturated carbocycles. The van der Waals surface area contributed by atoms with Gasteiger partial charge in [0, 0.05) is 5.41 Å². The molecule has 31 heavy (non-hydrogen) atoms. The largest absolute Gasteiger partial charge is 0.413 e. The predicted molar refractivity (Wildman–Crippen MR) is 141 cm³/mol. The first kappa shape index (κ1) is 27.3. The number of hydrogen-bond acceptors (Lipinski definition) is 2. The van der Waals surface area contributed by atoms with Gasteiger partial charge < -0.3 is 9.53 Å². The van der Waals surface area contributed by atoms with Gasteiger partial charge in [-0.15, -0.1) is 0 Å². The molecular formula is C27H49BrO2Si. The van der Waals surface area contributed by atoms with Crippen molar-refractivity contribution in [3.8, 4) is 0 Å². The zero-order chi connectivity index (χ0) is 23.8. The van der Waals surface area contributed by atoms with Gasteiger partial charge in [0.1, 0.15) is 0 Å². The molecule has 2 aliphatic carbocycles. The molecule has 0 heterocycles. The van der Waals surface area contributed by atoms with Gasteiger partial charge in [0.15, 0.2) is 8.32 Å². The summed E-state index contributed by atoms with van der Waals surface area (Å²) in [5.41, 5.74) is 2.68. The van der Waals surface area contributed by atoms with Gasteiger partial charge in [0.2, 0.25) is 0 Å². The van der Waals surface area contributed by atoms with Crippen molar-refractivity contribution in [1.29, 1.82) is 0 Å². The van der Waals surface area contributed by atoms with Gasteiger partial charge in [-0.3, -0.25) is 0 Å². The number of fused-ring (bicyclic) bond motifs is 1. The minimum Gasteiger partial charge on any atom is -0.413 e. The van der Waals surface area contributed by atoms with Crippen LogP contribution in [0.3, 0.4) is 0 Å². The lowest BCUT2D eigenvalue weighted by Gasteiger charge is -2.48. The Morgan fingerprint density at radius 1 is 1.29 bits per heavy atom. The number of hydrogen-bond donors (Lipinski definition) is 1. The average Bonchev–Trinajstić information content (AvgIpc) is 3.02. The van der Waals surface area contributed by atoms with Crippen LogP contribution in [-0.4, -0.2) is 26.1 Å².